The second-order valence-electron chi connectivity index (χ2n) is 2.23. The number of anilines is 1. The SMILES string of the molecule is CNc1ccc(Br)cc1C(=O)[O-].[Na+]. The second kappa shape index (κ2) is 5.65. The third-order valence-corrected chi connectivity index (χ3v) is 1.96. The van der Waals surface area contributed by atoms with Gasteiger partial charge in [-0.25, -0.2) is 0 Å². The van der Waals surface area contributed by atoms with Gasteiger partial charge in [0.05, 0.1) is 5.97 Å². The van der Waals surface area contributed by atoms with Gasteiger partial charge in [0.25, 0.3) is 0 Å². The van der Waals surface area contributed by atoms with Gasteiger partial charge in [0.2, 0.25) is 0 Å². The average molecular weight is 252 g/mol. The standard InChI is InChI=1S/C8H8BrNO2.Na/c1-10-7-3-2-5(9)4-6(7)8(11)12;/h2-4,10H,1H3,(H,11,12);/q;+1/p-1. The topological polar surface area (TPSA) is 52.2 Å². The molecule has 0 amide bonds. The zero-order valence-electron chi connectivity index (χ0n) is 7.43. The maximum atomic E-state index is 10.6. The van der Waals surface area contributed by atoms with Gasteiger partial charge in [-0.05, 0) is 18.2 Å². The summed E-state index contributed by atoms with van der Waals surface area (Å²) in [5.74, 6) is -1.18. The van der Waals surface area contributed by atoms with E-state index in [-0.39, 0.29) is 35.1 Å². The number of benzene rings is 1. The Labute approximate surface area is 107 Å². The van der Waals surface area contributed by atoms with Crippen LogP contribution in [0.5, 0.6) is 0 Å². The van der Waals surface area contributed by atoms with Crippen LogP contribution in [0.25, 0.3) is 0 Å². The molecule has 0 atom stereocenters. The van der Waals surface area contributed by atoms with Gasteiger partial charge in [0.1, 0.15) is 0 Å². The van der Waals surface area contributed by atoms with Gasteiger partial charge in [-0.2, -0.15) is 0 Å². The Bertz CT molecular complexity index is 317. The Morgan fingerprint density at radius 2 is 2.15 bits per heavy atom. The minimum Gasteiger partial charge on any atom is -0.545 e. The van der Waals surface area contributed by atoms with Crippen molar-refractivity contribution in [2.24, 2.45) is 0 Å². The van der Waals surface area contributed by atoms with Crippen molar-refractivity contribution in [2.45, 2.75) is 0 Å². The van der Waals surface area contributed by atoms with Crippen LogP contribution in [0.2, 0.25) is 0 Å². The number of carbonyl (C=O) groups is 1. The number of hydrogen-bond acceptors (Lipinski definition) is 3. The van der Waals surface area contributed by atoms with Crippen LogP contribution < -0.4 is 40.0 Å². The molecule has 0 aliphatic rings. The summed E-state index contributed by atoms with van der Waals surface area (Å²) in [5, 5.41) is 13.3. The first kappa shape index (κ1) is 13.0. The number of carboxylic acids is 1. The van der Waals surface area contributed by atoms with E-state index in [0.29, 0.717) is 5.69 Å². The third-order valence-electron chi connectivity index (χ3n) is 1.47. The number of carbonyl (C=O) groups excluding carboxylic acids is 1. The Kier molecular flexibility index (Phi) is 5.64. The summed E-state index contributed by atoms with van der Waals surface area (Å²) in [6, 6.07) is 4.94. The van der Waals surface area contributed by atoms with Gasteiger partial charge in [-0.3, -0.25) is 0 Å². The molecule has 0 aliphatic heterocycles. The van der Waals surface area contributed by atoms with Crippen molar-refractivity contribution in [1.82, 2.24) is 0 Å². The van der Waals surface area contributed by atoms with E-state index >= 15 is 0 Å². The number of aromatic carboxylic acids is 1. The third kappa shape index (κ3) is 3.31. The molecule has 1 N–H and O–H groups in total. The molecule has 0 heterocycles. The molecule has 0 aliphatic carbocycles. The quantitative estimate of drug-likeness (QED) is 0.611. The van der Waals surface area contributed by atoms with Gasteiger partial charge in [0.15, 0.2) is 0 Å². The molecule has 0 unspecified atom stereocenters. The van der Waals surface area contributed by atoms with E-state index in [1.807, 2.05) is 0 Å². The van der Waals surface area contributed by atoms with Crippen molar-refractivity contribution in [1.29, 1.82) is 0 Å². The minimum absolute atomic E-state index is 0. The van der Waals surface area contributed by atoms with Crippen LogP contribution in [-0.4, -0.2) is 13.0 Å². The van der Waals surface area contributed by atoms with Crippen molar-refractivity contribution in [3.8, 4) is 0 Å². The smallest absolute Gasteiger partial charge is 0.545 e. The molecule has 13 heavy (non-hydrogen) atoms. The van der Waals surface area contributed by atoms with Crippen LogP contribution in [0, 0.1) is 0 Å². The first-order chi connectivity index (χ1) is 5.65. The number of carboxylic acid groups (broad SMARTS) is 1. The molecule has 64 valence electrons. The fourth-order valence-corrected chi connectivity index (χ4v) is 1.26. The molecule has 0 bridgehead atoms. The van der Waals surface area contributed by atoms with Crippen molar-refractivity contribution in [2.75, 3.05) is 12.4 Å². The fraction of sp³-hybridized carbons (Fsp3) is 0.125. The minimum atomic E-state index is -1.18. The van der Waals surface area contributed by atoms with Gasteiger partial charge >= 0.3 is 29.6 Å². The summed E-state index contributed by atoms with van der Waals surface area (Å²) in [4.78, 5) is 10.6. The van der Waals surface area contributed by atoms with E-state index < -0.39 is 5.97 Å². The van der Waals surface area contributed by atoms with E-state index in [1.54, 1.807) is 19.2 Å². The van der Waals surface area contributed by atoms with E-state index in [4.69, 9.17) is 0 Å². The van der Waals surface area contributed by atoms with E-state index in [0.717, 1.165) is 4.47 Å². The number of halogens is 1. The molecule has 3 nitrogen and oxygen atoms in total. The van der Waals surface area contributed by atoms with Crippen molar-refractivity contribution in [3.05, 3.63) is 28.2 Å². The molecule has 1 aromatic rings. The van der Waals surface area contributed by atoms with Crippen LogP contribution >= 0.6 is 15.9 Å². The molecule has 0 radical (unpaired) electrons. The van der Waals surface area contributed by atoms with Crippen LogP contribution in [0.3, 0.4) is 0 Å². The van der Waals surface area contributed by atoms with E-state index in [2.05, 4.69) is 21.2 Å². The Hall–Kier alpha value is -0.0300. The molecule has 0 saturated heterocycles. The van der Waals surface area contributed by atoms with Gasteiger partial charge < -0.3 is 15.2 Å². The van der Waals surface area contributed by atoms with Gasteiger partial charge in [-0.1, -0.05) is 15.9 Å². The Morgan fingerprint density at radius 3 is 2.62 bits per heavy atom. The number of nitrogens with one attached hydrogen (secondary N) is 1. The Morgan fingerprint density at radius 1 is 1.54 bits per heavy atom. The normalized spacial score (nSPS) is 8.77. The van der Waals surface area contributed by atoms with Crippen LogP contribution in [-0.2, 0) is 0 Å². The first-order valence-electron chi connectivity index (χ1n) is 3.34. The van der Waals surface area contributed by atoms with Crippen LogP contribution in [0.15, 0.2) is 22.7 Å². The molecule has 0 saturated carbocycles. The number of rotatable bonds is 2. The van der Waals surface area contributed by atoms with Gasteiger partial charge in [0, 0.05) is 22.8 Å². The van der Waals surface area contributed by atoms with Crippen LogP contribution in [0.4, 0.5) is 5.69 Å². The van der Waals surface area contributed by atoms with Crippen molar-refractivity contribution >= 4 is 27.6 Å². The summed E-state index contributed by atoms with van der Waals surface area (Å²) in [7, 11) is 1.66. The molecule has 0 spiro atoms. The summed E-state index contributed by atoms with van der Waals surface area (Å²) < 4.78 is 0.723. The van der Waals surface area contributed by atoms with Crippen molar-refractivity contribution in [3.63, 3.8) is 0 Å². The zero-order chi connectivity index (χ0) is 9.14. The summed E-state index contributed by atoms with van der Waals surface area (Å²) >= 11 is 3.17. The van der Waals surface area contributed by atoms with Crippen molar-refractivity contribution < 1.29 is 39.5 Å². The molecule has 0 aromatic heterocycles. The second-order valence-corrected chi connectivity index (χ2v) is 3.14. The zero-order valence-corrected chi connectivity index (χ0v) is 11.0. The summed E-state index contributed by atoms with van der Waals surface area (Å²) in [6.45, 7) is 0. The predicted molar refractivity (Wildman–Crippen MR) is 48.0 cm³/mol. The largest absolute Gasteiger partial charge is 1.00 e. The molecule has 1 aromatic carbocycles. The molecular formula is C8H7BrNNaO2. The monoisotopic (exact) mass is 251 g/mol. The average Bonchev–Trinajstić information content (AvgIpc) is 2.04. The van der Waals surface area contributed by atoms with Crippen LogP contribution in [0.1, 0.15) is 10.4 Å². The predicted octanol–water partition coefficient (Wildman–Crippen LogP) is -2.14. The maximum Gasteiger partial charge on any atom is 1.00 e. The fourth-order valence-electron chi connectivity index (χ4n) is 0.903. The molecule has 1 rings (SSSR count). The summed E-state index contributed by atoms with van der Waals surface area (Å²) in [6.07, 6.45) is 0. The molecular weight excluding hydrogens is 245 g/mol. The maximum absolute atomic E-state index is 10.6. The molecule has 0 fully saturated rings. The number of hydrogen-bond donors (Lipinski definition) is 1. The molecule has 5 heteroatoms. The van der Waals surface area contributed by atoms with E-state index in [9.17, 15) is 9.90 Å². The first-order valence-corrected chi connectivity index (χ1v) is 4.13. The van der Waals surface area contributed by atoms with Gasteiger partial charge in [-0.15, -0.1) is 0 Å². The van der Waals surface area contributed by atoms with E-state index in [1.165, 1.54) is 6.07 Å². The summed E-state index contributed by atoms with van der Waals surface area (Å²) in [5.41, 5.74) is 0.713. The Balaban J connectivity index is 0.00000144.